The normalized spacial score (nSPS) is 23.5. The number of ether oxygens (including phenoxy) is 1. The molecule has 0 unspecified atom stereocenters. The molecule has 2 aliphatic rings. The quantitative estimate of drug-likeness (QED) is 0.631. The van der Waals surface area contributed by atoms with Crippen LogP contribution in [0.4, 0.5) is 4.79 Å². The average Bonchev–Trinajstić information content (AvgIpc) is 3.16. The van der Waals surface area contributed by atoms with Gasteiger partial charge in [0.05, 0.1) is 24.3 Å². The van der Waals surface area contributed by atoms with Crippen molar-refractivity contribution < 1.29 is 19.1 Å². The van der Waals surface area contributed by atoms with E-state index in [9.17, 15) is 14.4 Å². The van der Waals surface area contributed by atoms with Crippen LogP contribution in [-0.4, -0.2) is 48.5 Å². The monoisotopic (exact) mass is 392 g/mol. The third kappa shape index (κ3) is 4.30. The Balaban J connectivity index is 1.97. The summed E-state index contributed by atoms with van der Waals surface area (Å²) in [5.74, 6) is -0.867. The van der Waals surface area contributed by atoms with Gasteiger partial charge in [-0.05, 0) is 37.8 Å². The molecule has 0 spiro atoms. The van der Waals surface area contributed by atoms with Gasteiger partial charge < -0.3 is 21.1 Å². The maximum absolute atomic E-state index is 12.7. The molecular formula is C18H24N4O4S. The van der Waals surface area contributed by atoms with Crippen molar-refractivity contribution in [3.63, 3.8) is 0 Å². The van der Waals surface area contributed by atoms with Crippen molar-refractivity contribution in [3.05, 3.63) is 33.7 Å². The molecule has 4 N–H and O–H groups in total. The van der Waals surface area contributed by atoms with Gasteiger partial charge in [-0.1, -0.05) is 12.5 Å². The summed E-state index contributed by atoms with van der Waals surface area (Å²) >= 11 is 1.45. The summed E-state index contributed by atoms with van der Waals surface area (Å²) in [4.78, 5) is 39.5. The van der Waals surface area contributed by atoms with Crippen molar-refractivity contribution in [2.75, 3.05) is 19.7 Å². The van der Waals surface area contributed by atoms with E-state index in [1.807, 2.05) is 22.4 Å². The lowest BCUT2D eigenvalue weighted by atomic mass is 9.98. The molecule has 3 heterocycles. The first kappa shape index (κ1) is 19.4. The summed E-state index contributed by atoms with van der Waals surface area (Å²) in [5.41, 5.74) is 6.38. The highest BCUT2D eigenvalue weighted by molar-refractivity contribution is 7.10. The largest absolute Gasteiger partial charge is 0.463 e. The predicted molar refractivity (Wildman–Crippen MR) is 101 cm³/mol. The van der Waals surface area contributed by atoms with Gasteiger partial charge in [0.25, 0.3) is 0 Å². The second-order valence-corrected chi connectivity index (χ2v) is 7.52. The Morgan fingerprint density at radius 2 is 2.22 bits per heavy atom. The van der Waals surface area contributed by atoms with Crippen LogP contribution in [0.1, 0.15) is 37.1 Å². The molecular weight excluding hydrogens is 368 g/mol. The molecule has 1 fully saturated rings. The SMILES string of the molecule is CCOC(=O)C1=C(CN2CCCC[C@H]2C(N)=O)NC(=O)N[C@H]1c1cccs1. The molecule has 0 bridgehead atoms. The molecule has 1 aromatic rings. The summed E-state index contributed by atoms with van der Waals surface area (Å²) in [7, 11) is 0. The van der Waals surface area contributed by atoms with Gasteiger partial charge in [-0.25, -0.2) is 9.59 Å². The van der Waals surface area contributed by atoms with Crippen molar-refractivity contribution in [2.24, 2.45) is 5.73 Å². The van der Waals surface area contributed by atoms with Crippen LogP contribution in [0.5, 0.6) is 0 Å². The predicted octanol–water partition coefficient (Wildman–Crippen LogP) is 1.26. The van der Waals surface area contributed by atoms with E-state index in [2.05, 4.69) is 10.6 Å². The Bertz CT molecular complexity index is 747. The summed E-state index contributed by atoms with van der Waals surface area (Å²) in [5, 5.41) is 7.43. The fourth-order valence-electron chi connectivity index (χ4n) is 3.57. The molecule has 2 aliphatic heterocycles. The van der Waals surface area contributed by atoms with Crippen LogP contribution >= 0.6 is 11.3 Å². The number of likely N-dealkylation sites (tertiary alicyclic amines) is 1. The van der Waals surface area contributed by atoms with Gasteiger partial charge in [0.1, 0.15) is 0 Å². The number of esters is 1. The summed E-state index contributed by atoms with van der Waals surface area (Å²) in [6.07, 6.45) is 2.55. The van der Waals surface area contributed by atoms with Gasteiger partial charge in [-0.2, -0.15) is 0 Å². The molecule has 0 radical (unpaired) electrons. The second kappa shape index (κ2) is 8.53. The number of primary amides is 1. The van der Waals surface area contributed by atoms with Crippen molar-refractivity contribution in [1.82, 2.24) is 15.5 Å². The van der Waals surface area contributed by atoms with Crippen LogP contribution in [-0.2, 0) is 14.3 Å². The van der Waals surface area contributed by atoms with Crippen LogP contribution in [0.25, 0.3) is 0 Å². The molecule has 0 aromatic carbocycles. The molecule has 27 heavy (non-hydrogen) atoms. The zero-order valence-electron chi connectivity index (χ0n) is 15.2. The van der Waals surface area contributed by atoms with E-state index in [1.165, 1.54) is 11.3 Å². The minimum absolute atomic E-state index is 0.231. The first-order valence-corrected chi connectivity index (χ1v) is 9.93. The van der Waals surface area contributed by atoms with Crippen LogP contribution in [0.15, 0.2) is 28.8 Å². The van der Waals surface area contributed by atoms with E-state index in [1.54, 1.807) is 6.92 Å². The highest BCUT2D eigenvalue weighted by Gasteiger charge is 2.36. The highest BCUT2D eigenvalue weighted by Crippen LogP contribution is 2.31. The van der Waals surface area contributed by atoms with E-state index in [0.717, 1.165) is 17.7 Å². The van der Waals surface area contributed by atoms with E-state index < -0.39 is 18.1 Å². The summed E-state index contributed by atoms with van der Waals surface area (Å²) in [6.45, 7) is 2.91. The lowest BCUT2D eigenvalue weighted by Crippen LogP contribution is -2.52. The molecule has 3 rings (SSSR count). The lowest BCUT2D eigenvalue weighted by Gasteiger charge is -2.36. The molecule has 8 nitrogen and oxygen atoms in total. The number of nitrogens with one attached hydrogen (secondary N) is 2. The molecule has 9 heteroatoms. The van der Waals surface area contributed by atoms with Crippen molar-refractivity contribution >= 4 is 29.2 Å². The van der Waals surface area contributed by atoms with Crippen LogP contribution < -0.4 is 16.4 Å². The number of rotatable bonds is 6. The van der Waals surface area contributed by atoms with E-state index in [4.69, 9.17) is 10.5 Å². The van der Waals surface area contributed by atoms with Gasteiger partial charge in [-0.15, -0.1) is 11.3 Å². The Hall–Kier alpha value is -2.39. The number of hydrogen-bond acceptors (Lipinski definition) is 6. The number of thiophene rings is 1. The molecule has 0 aliphatic carbocycles. The van der Waals surface area contributed by atoms with Gasteiger partial charge in [0.2, 0.25) is 5.91 Å². The zero-order chi connectivity index (χ0) is 19.4. The third-order valence-electron chi connectivity index (χ3n) is 4.78. The van der Waals surface area contributed by atoms with Crippen LogP contribution in [0.3, 0.4) is 0 Å². The van der Waals surface area contributed by atoms with Gasteiger partial charge in [-0.3, -0.25) is 9.69 Å². The lowest BCUT2D eigenvalue weighted by molar-refractivity contribution is -0.139. The second-order valence-electron chi connectivity index (χ2n) is 6.54. The Labute approximate surface area is 161 Å². The van der Waals surface area contributed by atoms with E-state index in [0.29, 0.717) is 24.2 Å². The smallest absolute Gasteiger partial charge is 0.338 e. The van der Waals surface area contributed by atoms with Crippen molar-refractivity contribution in [1.29, 1.82) is 0 Å². The number of nitrogens with two attached hydrogens (primary N) is 1. The van der Waals surface area contributed by atoms with Gasteiger partial charge >= 0.3 is 12.0 Å². The number of piperidine rings is 1. The maximum atomic E-state index is 12.7. The fourth-order valence-corrected chi connectivity index (χ4v) is 4.35. The highest BCUT2D eigenvalue weighted by atomic mass is 32.1. The van der Waals surface area contributed by atoms with Crippen LogP contribution in [0.2, 0.25) is 0 Å². The topological polar surface area (TPSA) is 114 Å². The average molecular weight is 392 g/mol. The minimum atomic E-state index is -0.579. The first-order chi connectivity index (χ1) is 13.0. The maximum Gasteiger partial charge on any atom is 0.338 e. The minimum Gasteiger partial charge on any atom is -0.463 e. The fraction of sp³-hybridized carbons (Fsp3) is 0.500. The number of carbonyl (C=O) groups excluding carboxylic acids is 3. The summed E-state index contributed by atoms with van der Waals surface area (Å²) < 4.78 is 5.24. The molecule has 0 saturated carbocycles. The van der Waals surface area contributed by atoms with Crippen molar-refractivity contribution in [2.45, 2.75) is 38.3 Å². The molecule has 3 amide bonds. The Morgan fingerprint density at radius 1 is 1.41 bits per heavy atom. The Morgan fingerprint density at radius 3 is 2.89 bits per heavy atom. The van der Waals surface area contributed by atoms with Gasteiger partial charge in [0.15, 0.2) is 0 Å². The first-order valence-electron chi connectivity index (χ1n) is 9.05. The van der Waals surface area contributed by atoms with Crippen LogP contribution in [0, 0.1) is 0 Å². The molecule has 1 aromatic heterocycles. The number of nitrogens with zero attached hydrogens (tertiary/aromatic N) is 1. The zero-order valence-corrected chi connectivity index (χ0v) is 16.0. The van der Waals surface area contributed by atoms with E-state index >= 15 is 0 Å². The summed E-state index contributed by atoms with van der Waals surface area (Å²) in [6, 6.07) is 2.37. The van der Waals surface area contributed by atoms with Gasteiger partial charge in [0, 0.05) is 17.1 Å². The number of carbonyl (C=O) groups is 3. The van der Waals surface area contributed by atoms with Crippen molar-refractivity contribution in [3.8, 4) is 0 Å². The third-order valence-corrected chi connectivity index (χ3v) is 5.72. The number of hydrogen-bond donors (Lipinski definition) is 3. The Kier molecular flexibility index (Phi) is 6.12. The standard InChI is InChI=1S/C18H24N4O4S/c1-2-26-17(24)14-11(10-22-8-4-3-6-12(22)16(19)23)20-18(25)21-15(14)13-7-5-9-27-13/h5,7,9,12,15H,2-4,6,8,10H2,1H3,(H2,19,23)(H2,20,21,25)/t12-,15-/m0/s1. The van der Waals surface area contributed by atoms with E-state index in [-0.39, 0.29) is 25.1 Å². The molecule has 146 valence electrons. The molecule has 1 saturated heterocycles. The number of urea groups is 1. The number of amides is 3. The molecule has 2 atom stereocenters.